The summed E-state index contributed by atoms with van der Waals surface area (Å²) in [6.07, 6.45) is 1.87. The summed E-state index contributed by atoms with van der Waals surface area (Å²) in [5.41, 5.74) is 1.88. The van der Waals surface area contributed by atoms with E-state index in [1.165, 1.54) is 7.11 Å². The molecule has 1 fully saturated rings. The number of nitrogens with one attached hydrogen (secondary N) is 1. The number of carbonyl (C=O) groups is 2. The third-order valence-electron chi connectivity index (χ3n) is 2.79. The lowest BCUT2D eigenvalue weighted by molar-refractivity contribution is -0.117. The highest BCUT2D eigenvalue weighted by Crippen LogP contribution is 2.31. The Hall–Kier alpha value is -1.84. The fourth-order valence-electron chi connectivity index (χ4n) is 1.63. The van der Waals surface area contributed by atoms with Crippen LogP contribution in [0.1, 0.15) is 28.8 Å². The second kappa shape index (κ2) is 4.57. The molecule has 0 spiro atoms. The third kappa shape index (κ3) is 2.64. The summed E-state index contributed by atoms with van der Waals surface area (Å²) < 4.78 is 4.70. The number of hydrogen-bond donors (Lipinski definition) is 1. The van der Waals surface area contributed by atoms with Crippen LogP contribution in [0.2, 0.25) is 0 Å². The second-order valence-electron chi connectivity index (χ2n) is 4.30. The van der Waals surface area contributed by atoms with Gasteiger partial charge >= 0.3 is 5.97 Å². The second-order valence-corrected chi connectivity index (χ2v) is 4.30. The molecule has 0 unspecified atom stereocenters. The first-order valence-corrected chi connectivity index (χ1v) is 5.61. The van der Waals surface area contributed by atoms with Gasteiger partial charge in [0.25, 0.3) is 0 Å². The molecule has 1 amide bonds. The minimum absolute atomic E-state index is 0.0148. The van der Waals surface area contributed by atoms with Gasteiger partial charge in [-0.2, -0.15) is 0 Å². The van der Waals surface area contributed by atoms with Crippen LogP contribution in [0.3, 0.4) is 0 Å². The molecule has 0 aromatic heterocycles. The van der Waals surface area contributed by atoms with Crippen molar-refractivity contribution in [1.82, 2.24) is 0 Å². The summed E-state index contributed by atoms with van der Waals surface area (Å²) in [5, 5.41) is 2.78. The van der Waals surface area contributed by atoms with Gasteiger partial charge in [0.1, 0.15) is 0 Å². The Balaban J connectivity index is 2.25. The number of hydrogen-bond acceptors (Lipinski definition) is 3. The Bertz CT molecular complexity index is 464. The highest BCUT2D eigenvalue weighted by atomic mass is 16.5. The predicted octanol–water partition coefficient (Wildman–Crippen LogP) is 2.13. The normalized spacial score (nSPS) is 14.2. The minimum Gasteiger partial charge on any atom is -0.465 e. The SMILES string of the molecule is COC(=O)c1cc(C)ccc1NC(=O)C1CC1. The van der Waals surface area contributed by atoms with Gasteiger partial charge in [0.05, 0.1) is 18.4 Å². The van der Waals surface area contributed by atoms with E-state index < -0.39 is 5.97 Å². The van der Waals surface area contributed by atoms with Gasteiger partial charge in [0.15, 0.2) is 0 Å². The van der Waals surface area contributed by atoms with Gasteiger partial charge in [-0.15, -0.1) is 0 Å². The lowest BCUT2D eigenvalue weighted by atomic mass is 10.1. The Morgan fingerprint density at radius 3 is 2.65 bits per heavy atom. The quantitative estimate of drug-likeness (QED) is 0.814. The van der Waals surface area contributed by atoms with Crippen molar-refractivity contribution in [1.29, 1.82) is 0 Å². The van der Waals surface area contributed by atoms with Crippen LogP contribution < -0.4 is 5.32 Å². The van der Waals surface area contributed by atoms with E-state index in [-0.39, 0.29) is 11.8 Å². The molecule has 17 heavy (non-hydrogen) atoms. The molecule has 1 saturated carbocycles. The maximum atomic E-state index is 11.7. The molecule has 0 bridgehead atoms. The molecular formula is C13H15NO3. The summed E-state index contributed by atoms with van der Waals surface area (Å²) in [6.45, 7) is 1.89. The molecule has 1 aromatic carbocycles. The van der Waals surface area contributed by atoms with Crippen LogP contribution in [0, 0.1) is 12.8 Å². The number of methoxy groups -OCH3 is 1. The summed E-state index contributed by atoms with van der Waals surface area (Å²) in [6, 6.07) is 5.31. The lowest BCUT2D eigenvalue weighted by Gasteiger charge is -2.10. The van der Waals surface area contributed by atoms with Crippen molar-refractivity contribution in [3.63, 3.8) is 0 Å². The smallest absolute Gasteiger partial charge is 0.339 e. The molecule has 1 aromatic rings. The molecule has 0 saturated heterocycles. The van der Waals surface area contributed by atoms with E-state index in [0.29, 0.717) is 11.3 Å². The van der Waals surface area contributed by atoms with Crippen LogP contribution in [0.25, 0.3) is 0 Å². The van der Waals surface area contributed by atoms with Crippen molar-refractivity contribution in [2.24, 2.45) is 5.92 Å². The third-order valence-corrected chi connectivity index (χ3v) is 2.79. The number of amides is 1. The van der Waals surface area contributed by atoms with Crippen molar-refractivity contribution in [3.8, 4) is 0 Å². The molecule has 1 N–H and O–H groups in total. The highest BCUT2D eigenvalue weighted by Gasteiger charge is 2.30. The van der Waals surface area contributed by atoms with E-state index >= 15 is 0 Å². The summed E-state index contributed by atoms with van der Waals surface area (Å²) in [5.74, 6) is -0.333. The molecule has 2 rings (SSSR count). The first-order chi connectivity index (χ1) is 8.11. The maximum Gasteiger partial charge on any atom is 0.339 e. The van der Waals surface area contributed by atoms with Gasteiger partial charge in [-0.05, 0) is 31.9 Å². The summed E-state index contributed by atoms with van der Waals surface area (Å²) in [7, 11) is 1.33. The zero-order chi connectivity index (χ0) is 12.4. The van der Waals surface area contributed by atoms with Gasteiger partial charge in [0, 0.05) is 5.92 Å². The van der Waals surface area contributed by atoms with Crippen molar-refractivity contribution in [3.05, 3.63) is 29.3 Å². The Morgan fingerprint density at radius 2 is 2.06 bits per heavy atom. The van der Waals surface area contributed by atoms with Crippen LogP contribution >= 0.6 is 0 Å². The number of aryl methyl sites for hydroxylation is 1. The highest BCUT2D eigenvalue weighted by molar-refractivity contribution is 6.02. The number of ether oxygens (including phenoxy) is 1. The van der Waals surface area contributed by atoms with Crippen molar-refractivity contribution < 1.29 is 14.3 Å². The number of anilines is 1. The van der Waals surface area contributed by atoms with Gasteiger partial charge in [-0.3, -0.25) is 4.79 Å². The molecule has 1 aliphatic rings. The molecule has 0 heterocycles. The van der Waals surface area contributed by atoms with E-state index in [1.807, 2.05) is 13.0 Å². The Labute approximate surface area is 100.0 Å². The topological polar surface area (TPSA) is 55.4 Å². The van der Waals surface area contributed by atoms with Crippen LogP contribution in [-0.2, 0) is 9.53 Å². The van der Waals surface area contributed by atoms with E-state index in [0.717, 1.165) is 18.4 Å². The number of rotatable bonds is 3. The van der Waals surface area contributed by atoms with Crippen molar-refractivity contribution in [2.45, 2.75) is 19.8 Å². The lowest BCUT2D eigenvalue weighted by Crippen LogP contribution is -2.16. The molecule has 90 valence electrons. The van der Waals surface area contributed by atoms with E-state index in [9.17, 15) is 9.59 Å². The van der Waals surface area contributed by atoms with Crippen LogP contribution in [0.4, 0.5) is 5.69 Å². The van der Waals surface area contributed by atoms with Gasteiger partial charge in [0.2, 0.25) is 5.91 Å². The standard InChI is InChI=1S/C13H15NO3/c1-8-3-6-11(10(7-8)13(16)17-2)14-12(15)9-4-5-9/h3,6-7,9H,4-5H2,1-2H3,(H,14,15). The van der Waals surface area contributed by atoms with E-state index in [2.05, 4.69) is 5.32 Å². The monoisotopic (exact) mass is 233 g/mol. The van der Waals surface area contributed by atoms with Gasteiger partial charge in [-0.1, -0.05) is 11.6 Å². The number of benzene rings is 1. The summed E-state index contributed by atoms with van der Waals surface area (Å²) >= 11 is 0. The predicted molar refractivity (Wildman–Crippen MR) is 63.9 cm³/mol. The van der Waals surface area contributed by atoms with E-state index in [1.54, 1.807) is 12.1 Å². The molecule has 4 nitrogen and oxygen atoms in total. The molecule has 4 heteroatoms. The molecular weight excluding hydrogens is 218 g/mol. The van der Waals surface area contributed by atoms with Crippen LogP contribution in [-0.4, -0.2) is 19.0 Å². The number of carbonyl (C=O) groups excluding carboxylic acids is 2. The van der Waals surface area contributed by atoms with Crippen molar-refractivity contribution >= 4 is 17.6 Å². The largest absolute Gasteiger partial charge is 0.465 e. The fourth-order valence-corrected chi connectivity index (χ4v) is 1.63. The average molecular weight is 233 g/mol. The fraction of sp³-hybridized carbons (Fsp3) is 0.385. The molecule has 0 aliphatic heterocycles. The first-order valence-electron chi connectivity index (χ1n) is 5.61. The van der Waals surface area contributed by atoms with Gasteiger partial charge in [-0.25, -0.2) is 4.79 Å². The molecule has 1 aliphatic carbocycles. The maximum absolute atomic E-state index is 11.7. The van der Waals surface area contributed by atoms with E-state index in [4.69, 9.17) is 4.74 Å². The Kier molecular flexibility index (Phi) is 3.13. The van der Waals surface area contributed by atoms with Gasteiger partial charge < -0.3 is 10.1 Å². The number of esters is 1. The molecule has 0 radical (unpaired) electrons. The zero-order valence-electron chi connectivity index (χ0n) is 9.95. The Morgan fingerprint density at radius 1 is 1.35 bits per heavy atom. The average Bonchev–Trinajstić information content (AvgIpc) is 3.14. The minimum atomic E-state index is -0.431. The van der Waals surface area contributed by atoms with Crippen LogP contribution in [0.15, 0.2) is 18.2 Å². The summed E-state index contributed by atoms with van der Waals surface area (Å²) in [4.78, 5) is 23.2. The molecule has 0 atom stereocenters. The van der Waals surface area contributed by atoms with Crippen molar-refractivity contribution in [2.75, 3.05) is 12.4 Å². The zero-order valence-corrected chi connectivity index (χ0v) is 9.95. The first kappa shape index (κ1) is 11.6. The van der Waals surface area contributed by atoms with Crippen LogP contribution in [0.5, 0.6) is 0 Å².